The van der Waals surface area contributed by atoms with Gasteiger partial charge in [0, 0.05) is 23.9 Å². The number of methoxy groups -OCH3 is 1. The summed E-state index contributed by atoms with van der Waals surface area (Å²) in [5.74, 6) is -7.11. The summed E-state index contributed by atoms with van der Waals surface area (Å²) in [6.45, 7) is 0.160. The highest BCUT2D eigenvalue weighted by atomic mass is 35.5. The molecule has 2 heterocycles. The molecule has 1 saturated carbocycles. The second-order valence-corrected chi connectivity index (χ2v) is 14.3. The SMILES string of the molecule is COc1ccc(C2C3=CCC4C(=O)N(CCCCCC(=O)O)C(=O)C4C3CC3C(=O)N(Nc4ccc(F)cc4)C(=O)C32c2ccc(Cl)cc2)cc1O. The minimum Gasteiger partial charge on any atom is -0.504 e. The predicted molar refractivity (Wildman–Crippen MR) is 187 cm³/mol. The topological polar surface area (TPSA) is 154 Å². The third-order valence-electron chi connectivity index (χ3n) is 11.2. The first kappa shape index (κ1) is 35.2. The molecule has 3 N–H and O–H groups in total. The molecule has 0 radical (unpaired) electrons. The van der Waals surface area contributed by atoms with Gasteiger partial charge in [-0.1, -0.05) is 47.9 Å². The molecule has 52 heavy (non-hydrogen) atoms. The average Bonchev–Trinajstić information content (AvgIpc) is 3.49. The van der Waals surface area contributed by atoms with Crippen molar-refractivity contribution in [3.05, 3.63) is 100 Å². The summed E-state index contributed by atoms with van der Waals surface area (Å²) in [5, 5.41) is 21.4. The number of aliphatic carboxylic acids is 1. The van der Waals surface area contributed by atoms with Crippen molar-refractivity contribution in [1.29, 1.82) is 0 Å². The van der Waals surface area contributed by atoms with Gasteiger partial charge in [0.15, 0.2) is 11.5 Å². The van der Waals surface area contributed by atoms with Crippen molar-refractivity contribution < 1.29 is 43.3 Å². The summed E-state index contributed by atoms with van der Waals surface area (Å²) in [6.07, 6.45) is 3.65. The van der Waals surface area contributed by atoms with Gasteiger partial charge in [-0.2, -0.15) is 5.01 Å². The van der Waals surface area contributed by atoms with Crippen LogP contribution in [0.4, 0.5) is 10.1 Å². The number of likely N-dealkylation sites (tertiary alicyclic amines) is 1. The van der Waals surface area contributed by atoms with Crippen LogP contribution in [0.2, 0.25) is 5.02 Å². The number of nitrogens with one attached hydrogen (secondary N) is 1. The highest BCUT2D eigenvalue weighted by Gasteiger charge is 2.70. The Kier molecular flexibility index (Phi) is 9.28. The van der Waals surface area contributed by atoms with Gasteiger partial charge < -0.3 is 14.9 Å². The number of hydrogen-bond acceptors (Lipinski definition) is 8. The van der Waals surface area contributed by atoms with E-state index in [1.54, 1.807) is 36.4 Å². The first-order valence-electron chi connectivity index (χ1n) is 17.3. The Hall–Kier alpha value is -5.23. The maximum absolute atomic E-state index is 15.2. The molecule has 2 saturated heterocycles. The number of carboxylic acids is 1. The molecule has 13 heteroatoms. The number of aromatic hydroxyl groups is 1. The maximum Gasteiger partial charge on any atom is 0.303 e. The summed E-state index contributed by atoms with van der Waals surface area (Å²) in [4.78, 5) is 70.1. The molecule has 4 aliphatic rings. The minimum atomic E-state index is -1.58. The number of benzene rings is 3. The van der Waals surface area contributed by atoms with Gasteiger partial charge in [0.05, 0.1) is 36.0 Å². The van der Waals surface area contributed by atoms with Crippen LogP contribution < -0.4 is 10.2 Å². The quantitative estimate of drug-likeness (QED) is 0.126. The number of hydrazine groups is 1. The van der Waals surface area contributed by atoms with Gasteiger partial charge in [-0.3, -0.25) is 34.3 Å². The van der Waals surface area contributed by atoms with Crippen LogP contribution in [-0.2, 0) is 29.4 Å². The first-order chi connectivity index (χ1) is 25.0. The number of halogens is 2. The van der Waals surface area contributed by atoms with Crippen molar-refractivity contribution in [1.82, 2.24) is 9.91 Å². The summed E-state index contributed by atoms with van der Waals surface area (Å²) in [7, 11) is 1.42. The largest absolute Gasteiger partial charge is 0.504 e. The first-order valence-corrected chi connectivity index (χ1v) is 17.7. The van der Waals surface area contributed by atoms with Crippen LogP contribution in [0.5, 0.6) is 11.5 Å². The zero-order valence-electron chi connectivity index (χ0n) is 28.3. The number of hydrogen-bond donors (Lipinski definition) is 3. The molecule has 2 aliphatic heterocycles. The molecule has 2 aliphatic carbocycles. The molecule has 6 atom stereocenters. The van der Waals surface area contributed by atoms with E-state index < -0.39 is 58.6 Å². The summed E-state index contributed by atoms with van der Waals surface area (Å²) in [6, 6.07) is 16.8. The third-order valence-corrected chi connectivity index (χ3v) is 11.4. The van der Waals surface area contributed by atoms with E-state index >= 15 is 4.79 Å². The van der Waals surface area contributed by atoms with E-state index in [-0.39, 0.29) is 49.1 Å². The molecule has 270 valence electrons. The molecule has 3 aromatic rings. The Bertz CT molecular complexity index is 1990. The van der Waals surface area contributed by atoms with E-state index in [1.165, 1.54) is 42.3 Å². The van der Waals surface area contributed by atoms with E-state index in [0.29, 0.717) is 46.7 Å². The molecule has 7 rings (SSSR count). The molecule has 0 aromatic heterocycles. The number of nitrogens with zero attached hydrogens (tertiary/aromatic N) is 2. The summed E-state index contributed by atoms with van der Waals surface area (Å²) >= 11 is 6.33. The zero-order valence-corrected chi connectivity index (χ0v) is 29.0. The van der Waals surface area contributed by atoms with Crippen molar-refractivity contribution in [3.8, 4) is 11.5 Å². The summed E-state index contributed by atoms with van der Waals surface area (Å²) in [5.41, 5.74) is 3.35. The lowest BCUT2D eigenvalue weighted by Gasteiger charge is -2.50. The van der Waals surface area contributed by atoms with Crippen molar-refractivity contribution in [2.75, 3.05) is 19.1 Å². The lowest BCUT2D eigenvalue weighted by atomic mass is 9.49. The average molecular weight is 730 g/mol. The smallest absolute Gasteiger partial charge is 0.303 e. The number of carbonyl (C=O) groups is 5. The van der Waals surface area contributed by atoms with Crippen LogP contribution >= 0.6 is 11.6 Å². The number of ether oxygens (including phenoxy) is 1. The fourth-order valence-electron chi connectivity index (χ4n) is 8.93. The Labute approximate surface area is 304 Å². The van der Waals surface area contributed by atoms with Crippen LogP contribution in [-0.4, -0.2) is 63.4 Å². The number of unbranched alkanes of at least 4 members (excludes halogenated alkanes) is 2. The van der Waals surface area contributed by atoms with Crippen LogP contribution in [0.25, 0.3) is 0 Å². The van der Waals surface area contributed by atoms with E-state index in [9.17, 15) is 28.7 Å². The molecule has 0 bridgehead atoms. The highest BCUT2D eigenvalue weighted by molar-refractivity contribution is 6.30. The van der Waals surface area contributed by atoms with Crippen molar-refractivity contribution in [3.63, 3.8) is 0 Å². The van der Waals surface area contributed by atoms with Crippen LogP contribution in [0.15, 0.2) is 78.4 Å². The van der Waals surface area contributed by atoms with Crippen LogP contribution in [0.3, 0.4) is 0 Å². The molecule has 3 aromatic carbocycles. The Morgan fingerprint density at radius 3 is 2.37 bits per heavy atom. The molecule has 0 spiro atoms. The normalized spacial score (nSPS) is 26.5. The molecule has 11 nitrogen and oxygen atoms in total. The molecule has 3 fully saturated rings. The van der Waals surface area contributed by atoms with Crippen molar-refractivity contribution >= 4 is 46.9 Å². The predicted octanol–water partition coefficient (Wildman–Crippen LogP) is 5.82. The number of phenols is 1. The van der Waals surface area contributed by atoms with E-state index in [1.807, 2.05) is 6.08 Å². The van der Waals surface area contributed by atoms with Gasteiger partial charge in [-0.15, -0.1) is 0 Å². The standard InChI is InChI=1S/C39H37ClFN3O8/c1-52-31-17-6-21(19-30(31)45)34-26-15-16-27-33(37(50)43(35(27)48)18-4-2-3-5-32(46)47)28(26)20-29-36(49)44(42-25-13-11-24(41)12-14-25)38(51)39(29,34)22-7-9-23(40)10-8-22/h6-15,17,19,27-29,33-34,42,45H,2-5,16,18,20H2,1H3,(H,46,47). The number of rotatable bonds is 11. The van der Waals surface area contributed by atoms with Gasteiger partial charge in [0.25, 0.3) is 11.8 Å². The second kappa shape index (κ2) is 13.7. The Morgan fingerprint density at radius 1 is 0.962 bits per heavy atom. The van der Waals surface area contributed by atoms with E-state index in [2.05, 4.69) is 5.43 Å². The van der Waals surface area contributed by atoms with Crippen molar-refractivity contribution in [2.24, 2.45) is 23.7 Å². The van der Waals surface area contributed by atoms with Gasteiger partial charge in [0.2, 0.25) is 11.8 Å². The number of anilines is 1. The number of fused-ring (bicyclic) bond motifs is 4. The van der Waals surface area contributed by atoms with E-state index in [0.717, 1.165) is 5.01 Å². The van der Waals surface area contributed by atoms with E-state index in [4.69, 9.17) is 21.4 Å². The summed E-state index contributed by atoms with van der Waals surface area (Å²) < 4.78 is 19.2. The van der Waals surface area contributed by atoms with Gasteiger partial charge >= 0.3 is 5.97 Å². The number of imide groups is 2. The molecule has 4 amide bonds. The zero-order chi connectivity index (χ0) is 36.9. The van der Waals surface area contributed by atoms with Crippen LogP contribution in [0, 0.1) is 29.5 Å². The molecular formula is C39H37ClFN3O8. The van der Waals surface area contributed by atoms with Crippen molar-refractivity contribution in [2.45, 2.75) is 49.9 Å². The lowest BCUT2D eigenvalue weighted by molar-refractivity contribution is -0.141. The fraction of sp³-hybridized carbons (Fsp3) is 0.359. The lowest BCUT2D eigenvalue weighted by Crippen LogP contribution is -2.53. The monoisotopic (exact) mass is 729 g/mol. The number of carboxylic acid groups (broad SMARTS) is 1. The fourth-order valence-corrected chi connectivity index (χ4v) is 9.05. The second-order valence-electron chi connectivity index (χ2n) is 13.8. The number of allylic oxidation sites excluding steroid dienone is 2. The minimum absolute atomic E-state index is 0.00133. The number of carbonyl (C=O) groups excluding carboxylic acids is 4. The number of phenolic OH excluding ortho intramolecular Hbond substituents is 1. The molecular weight excluding hydrogens is 693 g/mol. The van der Waals surface area contributed by atoms with Gasteiger partial charge in [-0.05, 0) is 91.3 Å². The third kappa shape index (κ3) is 5.69. The van der Waals surface area contributed by atoms with Gasteiger partial charge in [0.1, 0.15) is 5.82 Å². The number of amides is 4. The highest BCUT2D eigenvalue weighted by Crippen LogP contribution is 2.64. The Balaban J connectivity index is 1.35. The molecule has 6 unspecified atom stereocenters. The maximum atomic E-state index is 15.2. The Morgan fingerprint density at radius 2 is 1.69 bits per heavy atom. The van der Waals surface area contributed by atoms with Crippen LogP contribution in [0.1, 0.15) is 55.6 Å². The van der Waals surface area contributed by atoms with Gasteiger partial charge in [-0.25, -0.2) is 4.39 Å².